The SMILES string of the molecule is CCCCCCCCCCCC=CC(=O)N(C)C. The van der Waals surface area contributed by atoms with Crippen molar-refractivity contribution in [2.24, 2.45) is 0 Å². The van der Waals surface area contributed by atoms with Gasteiger partial charge in [-0.2, -0.15) is 0 Å². The molecular weight excluding hydrogens is 222 g/mol. The highest BCUT2D eigenvalue weighted by molar-refractivity contribution is 5.86. The summed E-state index contributed by atoms with van der Waals surface area (Å²) in [6.45, 7) is 2.26. The van der Waals surface area contributed by atoms with Gasteiger partial charge in [0, 0.05) is 14.1 Å². The monoisotopic (exact) mass is 253 g/mol. The zero-order valence-electron chi connectivity index (χ0n) is 12.6. The standard InChI is InChI=1S/C16H31NO/c1-4-5-6-7-8-9-10-11-12-13-14-15-16(18)17(2)3/h14-15H,4-13H2,1-3H3. The molecule has 0 fully saturated rings. The van der Waals surface area contributed by atoms with Gasteiger partial charge in [0.05, 0.1) is 0 Å². The van der Waals surface area contributed by atoms with Crippen LogP contribution in [0.25, 0.3) is 0 Å². The van der Waals surface area contributed by atoms with Crippen molar-refractivity contribution in [2.45, 2.75) is 71.1 Å². The Kier molecular flexibility index (Phi) is 12.1. The van der Waals surface area contributed by atoms with Crippen LogP contribution in [-0.2, 0) is 4.79 Å². The minimum atomic E-state index is 0.0888. The van der Waals surface area contributed by atoms with Crippen LogP contribution >= 0.6 is 0 Å². The predicted molar refractivity (Wildman–Crippen MR) is 79.7 cm³/mol. The van der Waals surface area contributed by atoms with Crippen molar-refractivity contribution in [2.75, 3.05) is 14.1 Å². The van der Waals surface area contributed by atoms with Crippen LogP contribution in [0.4, 0.5) is 0 Å². The van der Waals surface area contributed by atoms with Crippen molar-refractivity contribution in [3.05, 3.63) is 12.2 Å². The molecule has 0 spiro atoms. The lowest BCUT2D eigenvalue weighted by molar-refractivity contribution is -0.123. The highest BCUT2D eigenvalue weighted by Crippen LogP contribution is 2.10. The van der Waals surface area contributed by atoms with Crippen LogP contribution in [0.5, 0.6) is 0 Å². The van der Waals surface area contributed by atoms with E-state index in [4.69, 9.17) is 0 Å². The molecule has 106 valence electrons. The number of allylic oxidation sites excluding steroid dienone is 1. The number of hydrogen-bond donors (Lipinski definition) is 0. The van der Waals surface area contributed by atoms with Gasteiger partial charge in [-0.25, -0.2) is 0 Å². The zero-order valence-corrected chi connectivity index (χ0v) is 12.6. The third-order valence-corrected chi connectivity index (χ3v) is 3.18. The number of hydrogen-bond acceptors (Lipinski definition) is 1. The minimum Gasteiger partial charge on any atom is -0.345 e. The van der Waals surface area contributed by atoms with Gasteiger partial charge in [-0.15, -0.1) is 0 Å². The van der Waals surface area contributed by atoms with Crippen LogP contribution in [0.2, 0.25) is 0 Å². The molecule has 0 unspecified atom stereocenters. The van der Waals surface area contributed by atoms with Gasteiger partial charge in [0.2, 0.25) is 5.91 Å². The fourth-order valence-corrected chi connectivity index (χ4v) is 1.91. The second-order valence-corrected chi connectivity index (χ2v) is 5.25. The first-order valence-electron chi connectivity index (χ1n) is 7.56. The lowest BCUT2D eigenvalue weighted by Crippen LogP contribution is -2.18. The number of carbonyl (C=O) groups is 1. The molecule has 0 radical (unpaired) electrons. The Bertz CT molecular complexity index is 221. The van der Waals surface area contributed by atoms with Crippen molar-refractivity contribution in [3.63, 3.8) is 0 Å². The van der Waals surface area contributed by atoms with Gasteiger partial charge in [-0.3, -0.25) is 4.79 Å². The molecule has 0 N–H and O–H groups in total. The van der Waals surface area contributed by atoms with Gasteiger partial charge < -0.3 is 4.90 Å². The van der Waals surface area contributed by atoms with E-state index < -0.39 is 0 Å². The Balaban J connectivity index is 3.19. The van der Waals surface area contributed by atoms with E-state index in [1.54, 1.807) is 25.1 Å². The molecule has 0 bridgehead atoms. The van der Waals surface area contributed by atoms with Gasteiger partial charge >= 0.3 is 0 Å². The first-order chi connectivity index (χ1) is 8.68. The third-order valence-electron chi connectivity index (χ3n) is 3.18. The molecular formula is C16H31NO. The van der Waals surface area contributed by atoms with E-state index in [0.29, 0.717) is 0 Å². The Morgan fingerprint density at radius 3 is 1.89 bits per heavy atom. The van der Waals surface area contributed by atoms with E-state index in [1.807, 2.05) is 6.08 Å². The van der Waals surface area contributed by atoms with Crippen molar-refractivity contribution < 1.29 is 4.79 Å². The summed E-state index contributed by atoms with van der Waals surface area (Å²) in [5.74, 6) is 0.0888. The molecule has 2 heteroatoms. The molecule has 0 aromatic carbocycles. The molecule has 18 heavy (non-hydrogen) atoms. The maximum atomic E-state index is 11.2. The van der Waals surface area contributed by atoms with Gasteiger partial charge in [-0.05, 0) is 18.9 Å². The molecule has 0 aliphatic heterocycles. The first-order valence-corrected chi connectivity index (χ1v) is 7.56. The minimum absolute atomic E-state index is 0.0888. The Hall–Kier alpha value is -0.790. The van der Waals surface area contributed by atoms with Gasteiger partial charge in [0.15, 0.2) is 0 Å². The summed E-state index contributed by atoms with van der Waals surface area (Å²) in [6, 6.07) is 0. The Labute approximate surface area is 113 Å². The molecule has 0 aromatic heterocycles. The van der Waals surface area contributed by atoms with Gasteiger partial charge in [-0.1, -0.05) is 64.4 Å². The summed E-state index contributed by atoms with van der Waals surface area (Å²) in [4.78, 5) is 12.8. The summed E-state index contributed by atoms with van der Waals surface area (Å²) in [7, 11) is 3.57. The van der Waals surface area contributed by atoms with Crippen molar-refractivity contribution in [1.29, 1.82) is 0 Å². The highest BCUT2D eigenvalue weighted by Gasteiger charge is 1.95. The second kappa shape index (κ2) is 12.7. The van der Waals surface area contributed by atoms with Crippen molar-refractivity contribution in [3.8, 4) is 0 Å². The number of nitrogens with zero attached hydrogens (tertiary/aromatic N) is 1. The Morgan fingerprint density at radius 1 is 0.889 bits per heavy atom. The average Bonchev–Trinajstić information content (AvgIpc) is 2.35. The summed E-state index contributed by atoms with van der Waals surface area (Å²) >= 11 is 0. The molecule has 2 nitrogen and oxygen atoms in total. The van der Waals surface area contributed by atoms with Crippen LogP contribution in [-0.4, -0.2) is 24.9 Å². The van der Waals surface area contributed by atoms with Crippen LogP contribution in [0.15, 0.2) is 12.2 Å². The quantitative estimate of drug-likeness (QED) is 0.391. The van der Waals surface area contributed by atoms with E-state index in [0.717, 1.165) is 6.42 Å². The maximum Gasteiger partial charge on any atom is 0.245 e. The summed E-state index contributed by atoms with van der Waals surface area (Å²) in [6.07, 6.45) is 16.9. The number of unbranched alkanes of at least 4 members (excludes halogenated alkanes) is 9. The lowest BCUT2D eigenvalue weighted by atomic mass is 10.1. The van der Waals surface area contributed by atoms with Gasteiger partial charge in [0.25, 0.3) is 0 Å². The average molecular weight is 253 g/mol. The summed E-state index contributed by atoms with van der Waals surface area (Å²) in [5, 5.41) is 0. The number of rotatable bonds is 11. The molecule has 1 amide bonds. The van der Waals surface area contributed by atoms with Crippen LogP contribution in [0, 0.1) is 0 Å². The fourth-order valence-electron chi connectivity index (χ4n) is 1.91. The smallest absolute Gasteiger partial charge is 0.245 e. The number of likely N-dealkylation sites (N-methyl/N-ethyl adjacent to an activating group) is 1. The van der Waals surface area contributed by atoms with E-state index in [1.165, 1.54) is 57.8 Å². The molecule has 0 heterocycles. The highest BCUT2D eigenvalue weighted by atomic mass is 16.2. The van der Waals surface area contributed by atoms with Crippen LogP contribution < -0.4 is 0 Å². The number of amides is 1. The fraction of sp³-hybridized carbons (Fsp3) is 0.812. The molecule has 0 aliphatic carbocycles. The largest absolute Gasteiger partial charge is 0.345 e. The molecule has 0 saturated carbocycles. The van der Waals surface area contributed by atoms with E-state index in [-0.39, 0.29) is 5.91 Å². The first kappa shape index (κ1) is 17.2. The number of carbonyl (C=O) groups excluding carboxylic acids is 1. The predicted octanol–water partition coefficient (Wildman–Crippen LogP) is 4.55. The van der Waals surface area contributed by atoms with E-state index in [2.05, 4.69) is 6.92 Å². The maximum absolute atomic E-state index is 11.2. The van der Waals surface area contributed by atoms with Crippen LogP contribution in [0.1, 0.15) is 71.1 Å². The summed E-state index contributed by atoms with van der Waals surface area (Å²) < 4.78 is 0. The normalized spacial score (nSPS) is 11.1. The molecule has 0 aromatic rings. The lowest BCUT2D eigenvalue weighted by Gasteiger charge is -2.05. The van der Waals surface area contributed by atoms with Crippen molar-refractivity contribution in [1.82, 2.24) is 4.90 Å². The topological polar surface area (TPSA) is 20.3 Å². The molecule has 0 rings (SSSR count). The molecule has 0 aliphatic rings. The van der Waals surface area contributed by atoms with Crippen molar-refractivity contribution >= 4 is 5.91 Å². The molecule has 0 saturated heterocycles. The molecule has 0 atom stereocenters. The van der Waals surface area contributed by atoms with Gasteiger partial charge in [0.1, 0.15) is 0 Å². The third kappa shape index (κ3) is 11.7. The van der Waals surface area contributed by atoms with E-state index >= 15 is 0 Å². The summed E-state index contributed by atoms with van der Waals surface area (Å²) in [5.41, 5.74) is 0. The van der Waals surface area contributed by atoms with Crippen LogP contribution in [0.3, 0.4) is 0 Å². The second-order valence-electron chi connectivity index (χ2n) is 5.25. The Morgan fingerprint density at radius 2 is 1.39 bits per heavy atom. The zero-order chi connectivity index (χ0) is 13.6. The van der Waals surface area contributed by atoms with E-state index in [9.17, 15) is 4.79 Å².